The van der Waals surface area contributed by atoms with Crippen LogP contribution in [0.1, 0.15) is 38.4 Å². The van der Waals surface area contributed by atoms with Crippen molar-refractivity contribution in [3.05, 3.63) is 40.2 Å². The molecule has 0 saturated carbocycles. The lowest BCUT2D eigenvalue weighted by Gasteiger charge is -2.35. The lowest BCUT2D eigenvalue weighted by Crippen LogP contribution is -2.32. The fourth-order valence-electron chi connectivity index (χ4n) is 2.61. The summed E-state index contributed by atoms with van der Waals surface area (Å²) in [6.45, 7) is 4.49. The summed E-state index contributed by atoms with van der Waals surface area (Å²) in [7, 11) is 0. The molecule has 120 valence electrons. The third kappa shape index (κ3) is 3.05. The average Bonchev–Trinajstić information content (AvgIpc) is 2.48. The van der Waals surface area contributed by atoms with Gasteiger partial charge in [0.25, 0.3) is 0 Å². The zero-order chi connectivity index (χ0) is 16.3. The van der Waals surface area contributed by atoms with E-state index in [0.29, 0.717) is 22.8 Å². The molecule has 1 aromatic carbocycles. The molecule has 1 heterocycles. The summed E-state index contributed by atoms with van der Waals surface area (Å²) in [6.07, 6.45) is -0.508. The van der Waals surface area contributed by atoms with Gasteiger partial charge in [0.05, 0.1) is 18.7 Å². The first-order chi connectivity index (χ1) is 10.5. The average molecular weight is 326 g/mol. The Morgan fingerprint density at radius 1 is 1.41 bits per heavy atom. The zero-order valence-electron chi connectivity index (χ0n) is 12.7. The maximum absolute atomic E-state index is 11.7. The van der Waals surface area contributed by atoms with Crippen molar-refractivity contribution in [1.29, 1.82) is 0 Å². The lowest BCUT2D eigenvalue weighted by atomic mass is 9.93. The molecule has 0 saturated heterocycles. The Morgan fingerprint density at radius 2 is 2.14 bits per heavy atom. The SMILES string of the molecule is CCCN1C(O)=C(CC(=O)OCC)C(O)c2c(Cl)cccc21. The fourth-order valence-corrected chi connectivity index (χ4v) is 2.88. The van der Waals surface area contributed by atoms with Gasteiger partial charge in [-0.1, -0.05) is 24.6 Å². The van der Waals surface area contributed by atoms with Gasteiger partial charge in [-0.15, -0.1) is 0 Å². The Hall–Kier alpha value is -1.72. The van der Waals surface area contributed by atoms with Gasteiger partial charge < -0.3 is 19.8 Å². The van der Waals surface area contributed by atoms with E-state index in [-0.39, 0.29) is 24.5 Å². The van der Waals surface area contributed by atoms with Crippen LogP contribution in [0.4, 0.5) is 5.69 Å². The van der Waals surface area contributed by atoms with Gasteiger partial charge in [0.1, 0.15) is 6.10 Å². The molecule has 0 aromatic heterocycles. The van der Waals surface area contributed by atoms with E-state index in [2.05, 4.69) is 0 Å². The highest BCUT2D eigenvalue weighted by Gasteiger charge is 2.34. The van der Waals surface area contributed by atoms with E-state index in [4.69, 9.17) is 16.3 Å². The predicted octanol–water partition coefficient (Wildman–Crippen LogP) is 3.33. The molecule has 1 aromatic rings. The van der Waals surface area contributed by atoms with Gasteiger partial charge in [-0.3, -0.25) is 4.79 Å². The van der Waals surface area contributed by atoms with E-state index in [1.807, 2.05) is 6.92 Å². The van der Waals surface area contributed by atoms with Crippen LogP contribution in [0.25, 0.3) is 0 Å². The summed E-state index contributed by atoms with van der Waals surface area (Å²) < 4.78 is 4.91. The number of esters is 1. The van der Waals surface area contributed by atoms with Gasteiger partial charge in [-0.05, 0) is 25.5 Å². The molecule has 2 N–H and O–H groups in total. The van der Waals surface area contributed by atoms with Crippen LogP contribution < -0.4 is 4.90 Å². The minimum Gasteiger partial charge on any atom is -0.494 e. The highest BCUT2D eigenvalue weighted by Crippen LogP contribution is 2.43. The summed E-state index contributed by atoms with van der Waals surface area (Å²) in [5.41, 5.74) is 1.38. The summed E-state index contributed by atoms with van der Waals surface area (Å²) in [4.78, 5) is 13.4. The van der Waals surface area contributed by atoms with Crippen molar-refractivity contribution < 1.29 is 19.7 Å². The van der Waals surface area contributed by atoms with E-state index >= 15 is 0 Å². The minimum absolute atomic E-state index is 0.0998. The second kappa shape index (κ2) is 7.03. The predicted molar refractivity (Wildman–Crippen MR) is 85.0 cm³/mol. The van der Waals surface area contributed by atoms with Crippen LogP contribution in [0.5, 0.6) is 0 Å². The topological polar surface area (TPSA) is 70.0 Å². The maximum Gasteiger partial charge on any atom is 0.310 e. The minimum atomic E-state index is -1.12. The third-order valence-electron chi connectivity index (χ3n) is 3.55. The normalized spacial score (nSPS) is 17.5. The van der Waals surface area contributed by atoms with E-state index in [1.54, 1.807) is 30.0 Å². The summed E-state index contributed by atoms with van der Waals surface area (Å²) in [6, 6.07) is 5.23. The molecular formula is C16H20ClNO4. The van der Waals surface area contributed by atoms with Gasteiger partial charge in [-0.2, -0.15) is 0 Å². The molecule has 22 heavy (non-hydrogen) atoms. The number of carbonyl (C=O) groups is 1. The van der Waals surface area contributed by atoms with Gasteiger partial charge in [0.2, 0.25) is 0 Å². The number of ether oxygens (including phenoxy) is 1. The summed E-state index contributed by atoms with van der Waals surface area (Å²) in [5, 5.41) is 21.4. The second-order valence-electron chi connectivity index (χ2n) is 5.06. The molecule has 1 atom stereocenters. The lowest BCUT2D eigenvalue weighted by molar-refractivity contribution is -0.142. The summed E-state index contributed by atoms with van der Waals surface area (Å²) >= 11 is 6.21. The summed E-state index contributed by atoms with van der Waals surface area (Å²) in [5.74, 6) is -0.591. The van der Waals surface area contributed by atoms with Crippen LogP contribution in [0.2, 0.25) is 5.02 Å². The standard InChI is InChI=1S/C16H20ClNO4/c1-3-8-18-12-7-5-6-11(17)14(12)15(20)10(16(18)21)9-13(19)22-4-2/h5-7,15,20-21H,3-4,8-9H2,1-2H3. The molecule has 6 heteroatoms. The first-order valence-electron chi connectivity index (χ1n) is 7.32. The van der Waals surface area contributed by atoms with Crippen LogP contribution in [-0.2, 0) is 9.53 Å². The van der Waals surface area contributed by atoms with E-state index in [1.165, 1.54) is 0 Å². The molecular weight excluding hydrogens is 306 g/mol. The van der Waals surface area contributed by atoms with E-state index in [0.717, 1.165) is 6.42 Å². The van der Waals surface area contributed by atoms with Gasteiger partial charge >= 0.3 is 5.97 Å². The Bertz CT molecular complexity index is 600. The van der Waals surface area contributed by atoms with Crippen molar-refractivity contribution in [2.24, 2.45) is 0 Å². The zero-order valence-corrected chi connectivity index (χ0v) is 13.4. The number of aliphatic hydroxyl groups is 2. The van der Waals surface area contributed by atoms with Crippen LogP contribution in [0, 0.1) is 0 Å². The molecule has 1 unspecified atom stereocenters. The molecule has 1 aliphatic heterocycles. The number of aliphatic hydroxyl groups excluding tert-OH is 2. The molecule has 0 amide bonds. The number of fused-ring (bicyclic) bond motifs is 1. The fraction of sp³-hybridized carbons (Fsp3) is 0.438. The second-order valence-corrected chi connectivity index (χ2v) is 5.46. The quantitative estimate of drug-likeness (QED) is 0.813. The number of hydrogen-bond acceptors (Lipinski definition) is 5. The number of rotatable bonds is 5. The highest BCUT2D eigenvalue weighted by molar-refractivity contribution is 6.32. The van der Waals surface area contributed by atoms with Gasteiger partial charge in [-0.25, -0.2) is 0 Å². The van der Waals surface area contributed by atoms with Crippen LogP contribution in [0.3, 0.4) is 0 Å². The third-order valence-corrected chi connectivity index (χ3v) is 3.88. The molecule has 5 nitrogen and oxygen atoms in total. The number of halogens is 1. The maximum atomic E-state index is 11.7. The van der Waals surface area contributed by atoms with Crippen molar-refractivity contribution in [3.8, 4) is 0 Å². The van der Waals surface area contributed by atoms with Crippen LogP contribution in [-0.4, -0.2) is 29.3 Å². The molecule has 0 radical (unpaired) electrons. The largest absolute Gasteiger partial charge is 0.494 e. The molecule has 0 spiro atoms. The Labute approximate surface area is 134 Å². The molecule has 0 aliphatic carbocycles. The molecule has 0 fully saturated rings. The van der Waals surface area contributed by atoms with E-state index < -0.39 is 12.1 Å². The van der Waals surface area contributed by atoms with Gasteiger partial charge in [0.15, 0.2) is 5.88 Å². The number of hydrogen-bond donors (Lipinski definition) is 2. The first-order valence-corrected chi connectivity index (χ1v) is 7.70. The first kappa shape index (κ1) is 16.6. The number of carbonyl (C=O) groups excluding carboxylic acids is 1. The van der Waals surface area contributed by atoms with Crippen LogP contribution >= 0.6 is 11.6 Å². The van der Waals surface area contributed by atoms with Crippen molar-refractivity contribution in [3.63, 3.8) is 0 Å². The van der Waals surface area contributed by atoms with Crippen molar-refractivity contribution in [2.45, 2.75) is 32.8 Å². The van der Waals surface area contributed by atoms with Crippen molar-refractivity contribution >= 4 is 23.3 Å². The molecule has 2 rings (SSSR count). The Morgan fingerprint density at radius 3 is 2.77 bits per heavy atom. The molecule has 0 bridgehead atoms. The smallest absolute Gasteiger partial charge is 0.310 e. The monoisotopic (exact) mass is 325 g/mol. The number of anilines is 1. The number of nitrogens with zero attached hydrogens (tertiary/aromatic N) is 1. The van der Waals surface area contributed by atoms with Gasteiger partial charge in [0, 0.05) is 22.7 Å². The van der Waals surface area contributed by atoms with Crippen molar-refractivity contribution in [2.75, 3.05) is 18.1 Å². The molecule has 1 aliphatic rings. The van der Waals surface area contributed by atoms with Crippen molar-refractivity contribution in [1.82, 2.24) is 0 Å². The Kier molecular flexibility index (Phi) is 5.32. The number of benzene rings is 1. The Balaban J connectivity index is 2.46. The van der Waals surface area contributed by atoms with E-state index in [9.17, 15) is 15.0 Å². The highest BCUT2D eigenvalue weighted by atomic mass is 35.5. The van der Waals surface area contributed by atoms with Crippen LogP contribution in [0.15, 0.2) is 29.7 Å².